The fourth-order valence-electron chi connectivity index (χ4n) is 1.76. The molecule has 8 nitrogen and oxygen atoms in total. The van der Waals surface area contributed by atoms with Gasteiger partial charge in [-0.1, -0.05) is 11.3 Å². The number of rotatable bonds is 4. The van der Waals surface area contributed by atoms with E-state index in [1.165, 1.54) is 11.3 Å². The van der Waals surface area contributed by atoms with Crippen LogP contribution in [0.1, 0.15) is 22.4 Å². The Morgan fingerprint density at radius 3 is 3.00 bits per heavy atom. The monoisotopic (exact) mass is 279 g/mol. The zero-order valence-corrected chi connectivity index (χ0v) is 11.3. The first-order valence-corrected chi connectivity index (χ1v) is 6.44. The molecule has 0 fully saturated rings. The van der Waals surface area contributed by atoms with Gasteiger partial charge in [-0.15, -0.1) is 10.2 Å². The number of methoxy groups -OCH3 is 1. The van der Waals surface area contributed by atoms with E-state index in [-0.39, 0.29) is 6.04 Å². The van der Waals surface area contributed by atoms with Crippen molar-refractivity contribution in [3.05, 3.63) is 28.8 Å². The maximum absolute atomic E-state index is 6.18. The molecule has 2 N–H and O–H groups in total. The number of aryl methyl sites for hydroxylation is 1. The number of hydrogen-bond acceptors (Lipinski definition) is 7. The normalized spacial score (nSPS) is 13.2. The van der Waals surface area contributed by atoms with Crippen LogP contribution in [-0.4, -0.2) is 36.7 Å². The molecule has 0 saturated heterocycles. The van der Waals surface area contributed by atoms with E-state index < -0.39 is 0 Å². The number of aromatic nitrogens is 6. The highest BCUT2D eigenvalue weighted by atomic mass is 32.1. The summed E-state index contributed by atoms with van der Waals surface area (Å²) in [5.41, 5.74) is 7.10. The van der Waals surface area contributed by atoms with Crippen LogP contribution < -0.4 is 5.73 Å². The minimum atomic E-state index is -0.309. The van der Waals surface area contributed by atoms with Crippen LogP contribution >= 0.6 is 11.3 Å². The predicted octanol–water partition coefficient (Wildman–Crippen LogP) is 0.114. The molecule has 1 atom stereocenters. The lowest BCUT2D eigenvalue weighted by Crippen LogP contribution is -2.11. The van der Waals surface area contributed by atoms with Crippen molar-refractivity contribution in [3.63, 3.8) is 0 Å². The average molecular weight is 279 g/mol. The summed E-state index contributed by atoms with van der Waals surface area (Å²) in [4.78, 5) is 0.710. The molecule has 0 aliphatic rings. The van der Waals surface area contributed by atoms with Gasteiger partial charge in [0.15, 0.2) is 5.82 Å². The minimum Gasteiger partial charge on any atom is -0.377 e. The highest BCUT2D eigenvalue weighted by Crippen LogP contribution is 2.24. The van der Waals surface area contributed by atoms with Crippen molar-refractivity contribution in [2.75, 3.05) is 7.11 Å². The van der Waals surface area contributed by atoms with Gasteiger partial charge in [0, 0.05) is 25.9 Å². The summed E-state index contributed by atoms with van der Waals surface area (Å²) >= 11 is 1.42. The van der Waals surface area contributed by atoms with Gasteiger partial charge in [-0.25, -0.2) is 0 Å². The Hall–Kier alpha value is -1.84. The summed E-state index contributed by atoms with van der Waals surface area (Å²) in [6.07, 6.45) is 3.62. The molecule has 0 bridgehead atoms. The van der Waals surface area contributed by atoms with E-state index >= 15 is 0 Å². The van der Waals surface area contributed by atoms with Crippen LogP contribution in [-0.2, 0) is 18.4 Å². The SMILES string of the molecule is COCc1nnc2sc(C(N)c3cnn(C)c3)nn12. The minimum absolute atomic E-state index is 0.309. The van der Waals surface area contributed by atoms with E-state index in [0.717, 1.165) is 10.6 Å². The zero-order chi connectivity index (χ0) is 13.4. The number of fused-ring (bicyclic) bond motifs is 1. The molecule has 0 aromatic carbocycles. The molecule has 0 amide bonds. The Morgan fingerprint density at radius 1 is 1.47 bits per heavy atom. The third kappa shape index (κ3) is 2.11. The second-order valence-corrected chi connectivity index (χ2v) is 5.10. The van der Waals surface area contributed by atoms with Crippen molar-refractivity contribution < 1.29 is 4.74 Å². The lowest BCUT2D eigenvalue weighted by atomic mass is 10.2. The van der Waals surface area contributed by atoms with Gasteiger partial charge in [-0.3, -0.25) is 4.68 Å². The second kappa shape index (κ2) is 4.68. The topological polar surface area (TPSA) is 96.1 Å². The summed E-state index contributed by atoms with van der Waals surface area (Å²) in [5, 5.41) is 17.4. The quantitative estimate of drug-likeness (QED) is 0.728. The van der Waals surface area contributed by atoms with Crippen molar-refractivity contribution >= 4 is 16.3 Å². The third-order valence-corrected chi connectivity index (χ3v) is 3.68. The molecule has 3 heterocycles. The van der Waals surface area contributed by atoms with E-state index in [1.807, 2.05) is 13.2 Å². The lowest BCUT2D eigenvalue weighted by molar-refractivity contribution is 0.176. The summed E-state index contributed by atoms with van der Waals surface area (Å²) in [6, 6.07) is -0.309. The van der Waals surface area contributed by atoms with Crippen LogP contribution in [0.15, 0.2) is 12.4 Å². The molecule has 3 aromatic heterocycles. The molecule has 0 aliphatic heterocycles. The van der Waals surface area contributed by atoms with E-state index in [2.05, 4.69) is 20.4 Å². The van der Waals surface area contributed by atoms with Gasteiger partial charge in [0.25, 0.3) is 0 Å². The largest absolute Gasteiger partial charge is 0.377 e. The highest BCUT2D eigenvalue weighted by Gasteiger charge is 2.18. The van der Waals surface area contributed by atoms with E-state index in [9.17, 15) is 0 Å². The summed E-state index contributed by atoms with van der Waals surface area (Å²) in [5.74, 6) is 0.665. The van der Waals surface area contributed by atoms with Gasteiger partial charge < -0.3 is 10.5 Å². The van der Waals surface area contributed by atoms with Crippen LogP contribution in [0.4, 0.5) is 0 Å². The molecular weight excluding hydrogens is 266 g/mol. The molecule has 9 heteroatoms. The number of nitrogens with two attached hydrogens (primary N) is 1. The maximum atomic E-state index is 6.18. The Balaban J connectivity index is 1.96. The molecule has 0 spiro atoms. The summed E-state index contributed by atoms with van der Waals surface area (Å²) in [7, 11) is 3.46. The average Bonchev–Trinajstić information content (AvgIpc) is 3.06. The van der Waals surface area contributed by atoms with Crippen molar-refractivity contribution in [2.24, 2.45) is 12.8 Å². The van der Waals surface area contributed by atoms with Crippen molar-refractivity contribution in [1.82, 2.24) is 29.6 Å². The third-order valence-electron chi connectivity index (χ3n) is 2.69. The molecule has 0 saturated carbocycles. The Bertz CT molecular complexity index is 700. The van der Waals surface area contributed by atoms with Crippen LogP contribution in [0.3, 0.4) is 0 Å². The van der Waals surface area contributed by atoms with Crippen LogP contribution in [0.2, 0.25) is 0 Å². The lowest BCUT2D eigenvalue weighted by Gasteiger charge is -2.03. The molecule has 0 radical (unpaired) electrons. The summed E-state index contributed by atoms with van der Waals surface area (Å²) in [6.45, 7) is 0.368. The van der Waals surface area contributed by atoms with Gasteiger partial charge in [0.05, 0.1) is 12.2 Å². The first kappa shape index (κ1) is 12.2. The van der Waals surface area contributed by atoms with Crippen LogP contribution in [0, 0.1) is 0 Å². The van der Waals surface area contributed by atoms with Crippen LogP contribution in [0.5, 0.6) is 0 Å². The molecule has 3 aromatic rings. The molecule has 19 heavy (non-hydrogen) atoms. The fraction of sp³-hybridized carbons (Fsp3) is 0.400. The fourth-order valence-corrected chi connectivity index (χ4v) is 2.65. The van der Waals surface area contributed by atoms with E-state index in [1.54, 1.807) is 22.5 Å². The molecule has 3 rings (SSSR count). The van der Waals surface area contributed by atoms with Crippen LogP contribution in [0.25, 0.3) is 4.96 Å². The van der Waals surface area contributed by atoms with Gasteiger partial charge in [-0.2, -0.15) is 14.7 Å². The van der Waals surface area contributed by atoms with Gasteiger partial charge in [-0.05, 0) is 0 Å². The number of nitrogens with zero attached hydrogens (tertiary/aromatic N) is 6. The molecular formula is C10H13N7OS. The zero-order valence-electron chi connectivity index (χ0n) is 10.5. The Kier molecular flexibility index (Phi) is 3.01. The number of ether oxygens (including phenoxy) is 1. The Morgan fingerprint density at radius 2 is 2.32 bits per heavy atom. The van der Waals surface area contributed by atoms with E-state index in [4.69, 9.17) is 10.5 Å². The van der Waals surface area contributed by atoms with Gasteiger partial charge >= 0.3 is 0 Å². The second-order valence-electron chi connectivity index (χ2n) is 4.11. The molecule has 100 valence electrons. The predicted molar refractivity (Wildman–Crippen MR) is 68.6 cm³/mol. The van der Waals surface area contributed by atoms with Gasteiger partial charge in [0.2, 0.25) is 4.96 Å². The van der Waals surface area contributed by atoms with E-state index in [0.29, 0.717) is 17.4 Å². The highest BCUT2D eigenvalue weighted by molar-refractivity contribution is 7.16. The first-order chi connectivity index (χ1) is 9.19. The Labute approximate surface area is 112 Å². The smallest absolute Gasteiger partial charge is 0.234 e. The van der Waals surface area contributed by atoms with Crippen molar-refractivity contribution in [2.45, 2.75) is 12.6 Å². The molecule has 0 aliphatic carbocycles. The van der Waals surface area contributed by atoms with Crippen molar-refractivity contribution in [1.29, 1.82) is 0 Å². The first-order valence-electron chi connectivity index (χ1n) is 5.63. The summed E-state index contributed by atoms with van der Waals surface area (Å²) < 4.78 is 8.43. The standard InChI is InChI=1S/C10H13N7OS/c1-16-4-6(3-12-16)8(11)9-15-17-7(5-18-2)13-14-10(17)19-9/h3-4,8H,5,11H2,1-2H3. The maximum Gasteiger partial charge on any atom is 0.234 e. The number of hydrogen-bond donors (Lipinski definition) is 1. The van der Waals surface area contributed by atoms with Gasteiger partial charge in [0.1, 0.15) is 11.6 Å². The van der Waals surface area contributed by atoms with Crippen molar-refractivity contribution in [3.8, 4) is 0 Å². The molecule has 1 unspecified atom stereocenters.